The van der Waals surface area contributed by atoms with Gasteiger partial charge in [0.1, 0.15) is 0 Å². The number of fused-ring (bicyclic) bond motifs is 2. The minimum absolute atomic E-state index is 0.149. The standard InChI is InChI=1S/C21H26.2C16H13.2ClH.Zr/c1-20(2,3)18-11-7-16(8-12-18)15-17-9-13-19(14-10-17)21(4,5)6;2*1-12-10-14-8-5-9-15(16(14)11-12)13-6-3-2-4-7-13;;;/h7-14H,1-6H3;2*2-11H,1H3;2*1H;/q;2*-1;;;+2/p-2. The predicted molar refractivity (Wildman–Crippen MR) is 245 cm³/mol. The molecule has 56 heavy (non-hydrogen) atoms. The molecule has 284 valence electrons. The van der Waals surface area contributed by atoms with Gasteiger partial charge in [-0.2, -0.15) is 12.1 Å². The molecule has 0 bridgehead atoms. The van der Waals surface area contributed by atoms with E-state index in [0.717, 1.165) is 14.3 Å². The largest absolute Gasteiger partial charge is 0.165 e. The second-order valence-electron chi connectivity index (χ2n) is 16.7. The van der Waals surface area contributed by atoms with Gasteiger partial charge in [-0.3, -0.25) is 0 Å². The molecule has 0 heterocycles. The number of hydrogen-bond acceptors (Lipinski definition) is 0. The van der Waals surface area contributed by atoms with Crippen molar-refractivity contribution < 1.29 is 18.9 Å². The van der Waals surface area contributed by atoms with Crippen LogP contribution in [0.2, 0.25) is 0 Å². The number of aryl methyl sites for hydroxylation is 2. The van der Waals surface area contributed by atoms with Crippen molar-refractivity contribution in [2.24, 2.45) is 0 Å². The first-order valence-corrected chi connectivity index (χ1v) is 26.9. The number of rotatable bonds is 4. The van der Waals surface area contributed by atoms with Crippen LogP contribution in [0, 0.1) is 13.8 Å². The molecule has 0 aromatic heterocycles. The van der Waals surface area contributed by atoms with Crippen LogP contribution in [-0.2, 0) is 29.7 Å². The van der Waals surface area contributed by atoms with Gasteiger partial charge in [-0.25, -0.2) is 0 Å². The first-order chi connectivity index (χ1) is 26.7. The Morgan fingerprint density at radius 2 is 0.804 bits per heavy atom. The summed E-state index contributed by atoms with van der Waals surface area (Å²) in [5, 5.41) is 5.37. The van der Waals surface area contributed by atoms with Crippen molar-refractivity contribution in [3.63, 3.8) is 0 Å². The van der Waals surface area contributed by atoms with Gasteiger partial charge in [0.2, 0.25) is 0 Å². The molecule has 0 spiro atoms. The van der Waals surface area contributed by atoms with Gasteiger partial charge < -0.3 is 0 Å². The minimum Gasteiger partial charge on any atom is -0.165 e. The van der Waals surface area contributed by atoms with Crippen molar-refractivity contribution in [3.8, 4) is 22.3 Å². The number of hydrogen-bond donors (Lipinski definition) is 0. The number of benzene rings is 6. The third-order valence-corrected chi connectivity index (χ3v) is 14.8. The van der Waals surface area contributed by atoms with E-state index >= 15 is 0 Å². The minimum atomic E-state index is -2.59. The zero-order chi connectivity index (χ0) is 40.0. The molecule has 8 aromatic rings. The van der Waals surface area contributed by atoms with E-state index in [1.54, 1.807) is 0 Å². The van der Waals surface area contributed by atoms with Crippen molar-refractivity contribution in [2.75, 3.05) is 0 Å². The quantitative estimate of drug-likeness (QED) is 0.155. The summed E-state index contributed by atoms with van der Waals surface area (Å²) >= 11 is -2.59. The normalized spacial score (nSPS) is 11.4. The first-order valence-electron chi connectivity index (χ1n) is 19.4. The Kier molecular flexibility index (Phi) is 13.3. The molecule has 8 rings (SSSR count). The Labute approximate surface area is 349 Å². The maximum atomic E-state index is 6.50. The van der Waals surface area contributed by atoms with Gasteiger partial charge >= 0.3 is 162 Å². The van der Waals surface area contributed by atoms with E-state index in [4.69, 9.17) is 17.0 Å². The molecule has 8 aromatic carbocycles. The fourth-order valence-corrected chi connectivity index (χ4v) is 11.6. The van der Waals surface area contributed by atoms with Crippen LogP contribution in [0.4, 0.5) is 0 Å². The van der Waals surface area contributed by atoms with Crippen LogP contribution >= 0.6 is 17.0 Å². The van der Waals surface area contributed by atoms with Gasteiger partial charge in [0.05, 0.1) is 0 Å². The van der Waals surface area contributed by atoms with Crippen molar-refractivity contribution in [1.29, 1.82) is 0 Å². The van der Waals surface area contributed by atoms with Gasteiger partial charge in [-0.05, 0) is 11.1 Å². The molecule has 0 N–H and O–H groups in total. The zero-order valence-electron chi connectivity index (χ0n) is 33.9. The fraction of sp³-hybridized carbons (Fsp3) is 0.189. The Morgan fingerprint density at radius 3 is 1.12 bits per heavy atom. The molecule has 0 aliphatic heterocycles. The molecule has 0 saturated carbocycles. The summed E-state index contributed by atoms with van der Waals surface area (Å²) in [7, 11) is 13.0. The Balaban J connectivity index is 0.000000147. The molecule has 3 heteroatoms. The summed E-state index contributed by atoms with van der Waals surface area (Å²) in [6, 6.07) is 60.5. The third kappa shape index (κ3) is 10.2. The van der Waals surface area contributed by atoms with Crippen molar-refractivity contribution in [1.82, 2.24) is 0 Å². The van der Waals surface area contributed by atoms with E-state index < -0.39 is 18.9 Å². The second-order valence-corrected chi connectivity index (χ2v) is 24.8. The Morgan fingerprint density at radius 1 is 0.446 bits per heavy atom. The summed E-state index contributed by atoms with van der Waals surface area (Å²) < 4.78 is 1.15. The van der Waals surface area contributed by atoms with Crippen LogP contribution < -0.4 is 0 Å². The van der Waals surface area contributed by atoms with Crippen molar-refractivity contribution >= 4 is 41.8 Å². The van der Waals surface area contributed by atoms with Gasteiger partial charge in [-0.1, -0.05) is 97.8 Å². The van der Waals surface area contributed by atoms with Gasteiger partial charge in [-0.15, -0.1) is 69.1 Å². The average molecular weight is 851 g/mol. The fourth-order valence-electron chi connectivity index (χ4n) is 7.17. The predicted octanol–water partition coefficient (Wildman–Crippen LogP) is 15.8. The van der Waals surface area contributed by atoms with Crippen LogP contribution in [0.25, 0.3) is 43.8 Å². The smallest absolute Gasteiger partial charge is 0.0279 e. The third-order valence-electron chi connectivity index (χ3n) is 10.2. The summed E-state index contributed by atoms with van der Waals surface area (Å²) in [5.41, 5.74) is 13.2. The van der Waals surface area contributed by atoms with E-state index in [-0.39, 0.29) is 10.8 Å². The molecule has 0 fully saturated rings. The summed E-state index contributed by atoms with van der Waals surface area (Å²) in [6.07, 6.45) is 0. The van der Waals surface area contributed by atoms with Crippen LogP contribution in [0.3, 0.4) is 0 Å². The first kappa shape index (κ1) is 41.5. The molecule has 0 aliphatic rings. The van der Waals surface area contributed by atoms with Crippen LogP contribution in [0.15, 0.2) is 170 Å². The van der Waals surface area contributed by atoms with Gasteiger partial charge in [0, 0.05) is 0 Å². The van der Waals surface area contributed by atoms with Gasteiger partial charge in [0.25, 0.3) is 0 Å². The molecule has 0 radical (unpaired) electrons. The topological polar surface area (TPSA) is 0 Å². The maximum Gasteiger partial charge on any atom is -0.0279 e. The molecule has 0 unspecified atom stereocenters. The van der Waals surface area contributed by atoms with Crippen LogP contribution in [0.5, 0.6) is 0 Å². The maximum absolute atomic E-state index is 6.50. The molecular formula is C53H52Cl2Zr-2. The summed E-state index contributed by atoms with van der Waals surface area (Å²) in [6.45, 7) is 17.6. The molecule has 0 aliphatic carbocycles. The van der Waals surface area contributed by atoms with Crippen LogP contribution in [0.1, 0.15) is 74.9 Å². The summed E-state index contributed by atoms with van der Waals surface area (Å²) in [4.78, 5) is 0. The Bertz CT molecular complexity index is 2360. The molecular weight excluding hydrogens is 799 g/mol. The molecule has 0 nitrogen and oxygen atoms in total. The van der Waals surface area contributed by atoms with E-state index in [2.05, 4.69) is 225 Å². The van der Waals surface area contributed by atoms with Crippen LogP contribution in [-0.4, -0.2) is 3.21 Å². The molecule has 0 saturated heterocycles. The zero-order valence-corrected chi connectivity index (χ0v) is 37.9. The van der Waals surface area contributed by atoms with E-state index in [1.807, 2.05) is 0 Å². The van der Waals surface area contributed by atoms with Crippen molar-refractivity contribution in [2.45, 2.75) is 66.2 Å². The second kappa shape index (κ2) is 18.0. The summed E-state index contributed by atoms with van der Waals surface area (Å²) in [5.74, 6) is 0. The Hall–Kier alpha value is -4.13. The number of halogens is 2. The van der Waals surface area contributed by atoms with E-state index in [1.165, 1.54) is 66.1 Å². The van der Waals surface area contributed by atoms with E-state index in [9.17, 15) is 0 Å². The SMILES string of the molecule is CC(C)(C)c1ccc([C](c2ccc(C(C)(C)C)cc2)=[Zr]([Cl])[Cl])cc1.Cc1cc2c(-c3ccccc3)cccc2[cH-]1.Cc1cc2c(-c3ccccc3)cccc2[cH-]1. The van der Waals surface area contributed by atoms with Crippen molar-refractivity contribution in [3.05, 3.63) is 203 Å². The van der Waals surface area contributed by atoms with Gasteiger partial charge in [0.15, 0.2) is 0 Å². The van der Waals surface area contributed by atoms with E-state index in [0.29, 0.717) is 0 Å². The average Bonchev–Trinajstić information content (AvgIpc) is 3.76. The molecule has 0 amide bonds. The molecule has 0 atom stereocenters. The monoisotopic (exact) mass is 848 g/mol.